The van der Waals surface area contributed by atoms with Gasteiger partial charge >= 0.3 is 5.97 Å². The number of nitriles is 1. The Balaban J connectivity index is 2.03. The minimum absolute atomic E-state index is 0.0567. The van der Waals surface area contributed by atoms with Crippen LogP contribution in [0, 0.1) is 11.3 Å². The standard InChI is InChI=1S/C16H13N3O4/c17-9-11-3-1-5-13(7-11)19(18)15(20)10-23-14-6-2-4-12(8-14)16(21)22/h1-8H,10,18H2,(H,21,22). The predicted octanol–water partition coefficient (Wildman–Crippen LogP) is 1.54. The number of anilines is 1. The van der Waals surface area contributed by atoms with E-state index in [1.165, 1.54) is 30.3 Å². The van der Waals surface area contributed by atoms with Gasteiger partial charge in [-0.1, -0.05) is 12.1 Å². The van der Waals surface area contributed by atoms with E-state index in [2.05, 4.69) is 0 Å². The Kier molecular flexibility index (Phi) is 4.92. The quantitative estimate of drug-likeness (QED) is 0.491. The van der Waals surface area contributed by atoms with E-state index < -0.39 is 11.9 Å². The third-order valence-corrected chi connectivity index (χ3v) is 2.97. The van der Waals surface area contributed by atoms with Gasteiger partial charge in [-0.05, 0) is 36.4 Å². The molecule has 2 rings (SSSR count). The van der Waals surface area contributed by atoms with Crippen LogP contribution in [-0.2, 0) is 4.79 Å². The first-order valence-electron chi connectivity index (χ1n) is 6.55. The number of rotatable bonds is 5. The fourth-order valence-corrected chi connectivity index (χ4v) is 1.80. The minimum Gasteiger partial charge on any atom is -0.484 e. The van der Waals surface area contributed by atoms with Crippen LogP contribution in [0.5, 0.6) is 5.75 Å². The topological polar surface area (TPSA) is 117 Å². The van der Waals surface area contributed by atoms with E-state index in [0.29, 0.717) is 11.3 Å². The summed E-state index contributed by atoms with van der Waals surface area (Å²) in [7, 11) is 0. The lowest BCUT2D eigenvalue weighted by Gasteiger charge is -2.17. The Morgan fingerprint density at radius 3 is 2.65 bits per heavy atom. The summed E-state index contributed by atoms with van der Waals surface area (Å²) in [4.78, 5) is 22.9. The number of hydrogen-bond donors (Lipinski definition) is 2. The second-order valence-electron chi connectivity index (χ2n) is 4.55. The monoisotopic (exact) mass is 311 g/mol. The maximum Gasteiger partial charge on any atom is 0.335 e. The number of carboxylic acid groups (broad SMARTS) is 1. The number of amides is 1. The molecule has 2 aromatic carbocycles. The number of carbonyl (C=O) groups is 2. The van der Waals surface area contributed by atoms with E-state index >= 15 is 0 Å². The van der Waals surface area contributed by atoms with Crippen molar-refractivity contribution < 1.29 is 19.4 Å². The van der Waals surface area contributed by atoms with E-state index in [0.717, 1.165) is 5.01 Å². The Morgan fingerprint density at radius 1 is 1.22 bits per heavy atom. The van der Waals surface area contributed by atoms with E-state index in [-0.39, 0.29) is 17.9 Å². The van der Waals surface area contributed by atoms with Crippen LogP contribution in [0.4, 0.5) is 5.69 Å². The molecule has 0 fully saturated rings. The van der Waals surface area contributed by atoms with Crippen molar-refractivity contribution >= 4 is 17.6 Å². The maximum atomic E-state index is 12.0. The average molecular weight is 311 g/mol. The number of nitrogens with two attached hydrogens (primary N) is 1. The molecule has 23 heavy (non-hydrogen) atoms. The number of nitrogens with zero attached hydrogens (tertiary/aromatic N) is 2. The highest BCUT2D eigenvalue weighted by Gasteiger charge is 2.13. The molecule has 3 N–H and O–H groups in total. The molecular weight excluding hydrogens is 298 g/mol. The van der Waals surface area contributed by atoms with Gasteiger partial charge in [0.25, 0.3) is 5.91 Å². The molecule has 116 valence electrons. The van der Waals surface area contributed by atoms with Crippen LogP contribution in [0.1, 0.15) is 15.9 Å². The first-order valence-corrected chi connectivity index (χ1v) is 6.55. The summed E-state index contributed by atoms with van der Waals surface area (Å²) in [5.74, 6) is 4.32. The molecule has 0 saturated heterocycles. The summed E-state index contributed by atoms with van der Waals surface area (Å²) < 4.78 is 5.26. The summed E-state index contributed by atoms with van der Waals surface area (Å²) in [6.45, 7) is -0.365. The van der Waals surface area contributed by atoms with Crippen LogP contribution in [-0.4, -0.2) is 23.6 Å². The summed E-state index contributed by atoms with van der Waals surface area (Å²) >= 11 is 0. The molecule has 0 atom stereocenters. The molecule has 7 nitrogen and oxygen atoms in total. The molecule has 0 heterocycles. The van der Waals surface area contributed by atoms with Crippen molar-refractivity contribution in [1.82, 2.24) is 0 Å². The lowest BCUT2D eigenvalue weighted by Crippen LogP contribution is -2.40. The zero-order chi connectivity index (χ0) is 16.8. The van der Waals surface area contributed by atoms with Crippen molar-refractivity contribution in [1.29, 1.82) is 5.26 Å². The number of ether oxygens (including phenoxy) is 1. The largest absolute Gasteiger partial charge is 0.484 e. The predicted molar refractivity (Wildman–Crippen MR) is 81.7 cm³/mol. The highest BCUT2D eigenvalue weighted by atomic mass is 16.5. The minimum atomic E-state index is -1.09. The molecule has 2 aromatic rings. The lowest BCUT2D eigenvalue weighted by molar-refractivity contribution is -0.120. The Hall–Kier alpha value is -3.37. The Labute approximate surface area is 132 Å². The third-order valence-electron chi connectivity index (χ3n) is 2.97. The van der Waals surface area contributed by atoms with Gasteiger partial charge in [-0.2, -0.15) is 5.26 Å². The van der Waals surface area contributed by atoms with Crippen molar-refractivity contribution in [2.45, 2.75) is 0 Å². The first kappa shape index (κ1) is 16.0. The number of aromatic carboxylic acids is 1. The number of hydrogen-bond acceptors (Lipinski definition) is 5. The smallest absolute Gasteiger partial charge is 0.335 e. The average Bonchev–Trinajstić information content (AvgIpc) is 2.59. The van der Waals surface area contributed by atoms with Crippen LogP contribution in [0.3, 0.4) is 0 Å². The lowest BCUT2D eigenvalue weighted by atomic mass is 10.2. The maximum absolute atomic E-state index is 12.0. The molecule has 0 aliphatic heterocycles. The van der Waals surface area contributed by atoms with E-state index in [9.17, 15) is 9.59 Å². The van der Waals surface area contributed by atoms with Crippen LogP contribution in [0.2, 0.25) is 0 Å². The van der Waals surface area contributed by atoms with Crippen LogP contribution < -0.4 is 15.6 Å². The van der Waals surface area contributed by atoms with Gasteiger partial charge in [0, 0.05) is 0 Å². The van der Waals surface area contributed by atoms with E-state index in [1.807, 2.05) is 6.07 Å². The fraction of sp³-hybridized carbons (Fsp3) is 0.0625. The second kappa shape index (κ2) is 7.06. The SMILES string of the molecule is N#Cc1cccc(N(N)C(=O)COc2cccc(C(=O)O)c2)c1. The van der Waals surface area contributed by atoms with Gasteiger partial charge in [-0.25, -0.2) is 15.6 Å². The van der Waals surface area contributed by atoms with Gasteiger partial charge in [-0.15, -0.1) is 0 Å². The van der Waals surface area contributed by atoms with Gasteiger partial charge in [0.2, 0.25) is 0 Å². The highest BCUT2D eigenvalue weighted by Crippen LogP contribution is 2.15. The molecule has 0 unspecified atom stereocenters. The van der Waals surface area contributed by atoms with Crippen LogP contribution in [0.25, 0.3) is 0 Å². The number of carbonyl (C=O) groups excluding carboxylic acids is 1. The van der Waals surface area contributed by atoms with Crippen molar-refractivity contribution in [3.63, 3.8) is 0 Å². The number of carboxylic acids is 1. The van der Waals surface area contributed by atoms with Crippen molar-refractivity contribution in [3.05, 3.63) is 59.7 Å². The van der Waals surface area contributed by atoms with Crippen molar-refractivity contribution in [2.75, 3.05) is 11.6 Å². The molecule has 1 amide bonds. The van der Waals surface area contributed by atoms with E-state index in [1.54, 1.807) is 18.2 Å². The van der Waals surface area contributed by atoms with Gasteiger partial charge < -0.3 is 9.84 Å². The summed E-state index contributed by atoms with van der Waals surface area (Å²) in [6.07, 6.45) is 0. The molecule has 0 spiro atoms. The molecule has 0 aliphatic rings. The number of hydrazine groups is 1. The van der Waals surface area contributed by atoms with Crippen LogP contribution >= 0.6 is 0 Å². The van der Waals surface area contributed by atoms with Crippen LogP contribution in [0.15, 0.2) is 48.5 Å². The molecule has 0 aliphatic carbocycles. The Morgan fingerprint density at radius 2 is 1.96 bits per heavy atom. The summed E-state index contributed by atoms with van der Waals surface area (Å²) in [6, 6.07) is 14.0. The highest BCUT2D eigenvalue weighted by molar-refractivity contribution is 5.93. The molecule has 7 heteroatoms. The zero-order valence-corrected chi connectivity index (χ0v) is 12.0. The molecule has 0 saturated carbocycles. The normalized spacial score (nSPS) is 9.74. The van der Waals surface area contributed by atoms with Gasteiger partial charge in [0.05, 0.1) is 22.9 Å². The van der Waals surface area contributed by atoms with E-state index in [4.69, 9.17) is 20.9 Å². The first-order chi connectivity index (χ1) is 11.0. The third kappa shape index (κ3) is 4.06. The number of benzene rings is 2. The van der Waals surface area contributed by atoms with Gasteiger partial charge in [0.1, 0.15) is 5.75 Å². The molecule has 0 aromatic heterocycles. The second-order valence-corrected chi connectivity index (χ2v) is 4.55. The Bertz CT molecular complexity index is 783. The zero-order valence-electron chi connectivity index (χ0n) is 12.0. The summed E-state index contributed by atoms with van der Waals surface area (Å²) in [5, 5.41) is 18.6. The van der Waals surface area contributed by atoms with Crippen molar-refractivity contribution in [3.8, 4) is 11.8 Å². The summed E-state index contributed by atoms with van der Waals surface area (Å²) in [5.41, 5.74) is 0.791. The molecule has 0 radical (unpaired) electrons. The van der Waals surface area contributed by atoms with Gasteiger partial charge in [-0.3, -0.25) is 4.79 Å². The molecule has 0 bridgehead atoms. The molecular formula is C16H13N3O4. The van der Waals surface area contributed by atoms with Crippen molar-refractivity contribution in [2.24, 2.45) is 5.84 Å². The van der Waals surface area contributed by atoms with Gasteiger partial charge in [0.15, 0.2) is 6.61 Å². The fourth-order valence-electron chi connectivity index (χ4n) is 1.80.